The highest BCUT2D eigenvalue weighted by atomic mass is 79.9. The first-order valence-corrected chi connectivity index (χ1v) is 7.62. The van der Waals surface area contributed by atoms with Crippen molar-refractivity contribution in [2.75, 3.05) is 5.32 Å². The van der Waals surface area contributed by atoms with E-state index in [1.54, 1.807) is 0 Å². The van der Waals surface area contributed by atoms with E-state index in [0.29, 0.717) is 0 Å². The van der Waals surface area contributed by atoms with Crippen LogP contribution in [0.2, 0.25) is 0 Å². The molecule has 5 heteroatoms. The third-order valence-electron chi connectivity index (χ3n) is 3.59. The summed E-state index contributed by atoms with van der Waals surface area (Å²) in [7, 11) is 1.92. The van der Waals surface area contributed by atoms with Gasteiger partial charge in [0.25, 0.3) is 0 Å². The fraction of sp³-hybridized carbons (Fsp3) is 0.250. The van der Waals surface area contributed by atoms with Gasteiger partial charge >= 0.3 is 0 Å². The molecule has 1 aromatic carbocycles. The second kappa shape index (κ2) is 5.48. The summed E-state index contributed by atoms with van der Waals surface area (Å²) in [6, 6.07) is 8.39. The number of pyridine rings is 1. The zero-order chi connectivity index (χ0) is 15.0. The van der Waals surface area contributed by atoms with Gasteiger partial charge in [-0.05, 0) is 49.2 Å². The molecule has 108 valence electrons. The van der Waals surface area contributed by atoms with Crippen molar-refractivity contribution < 1.29 is 0 Å². The molecular formula is C16H17BrN4. The van der Waals surface area contributed by atoms with E-state index < -0.39 is 0 Å². The Hall–Kier alpha value is -1.88. The van der Waals surface area contributed by atoms with Gasteiger partial charge in [0.1, 0.15) is 0 Å². The molecule has 1 N–H and O–H groups in total. The molecule has 21 heavy (non-hydrogen) atoms. The Balaban J connectivity index is 1.83. The maximum absolute atomic E-state index is 4.50. The predicted octanol–water partition coefficient (Wildman–Crippen LogP) is 3.96. The van der Waals surface area contributed by atoms with Crippen LogP contribution < -0.4 is 5.32 Å². The standard InChI is InChI=1S/C16H17BrN4/c1-10-6-13(17)4-5-15(10)18-8-12-7-14-11(2)20-21(3)16(14)19-9-12/h4-7,9,18H,8H2,1-3H3. The molecule has 0 bridgehead atoms. The molecule has 0 spiro atoms. The van der Waals surface area contributed by atoms with Gasteiger partial charge in [0.05, 0.1) is 5.69 Å². The van der Waals surface area contributed by atoms with Crippen molar-refractivity contribution in [2.24, 2.45) is 7.05 Å². The Bertz CT molecular complexity index is 807. The van der Waals surface area contributed by atoms with Gasteiger partial charge < -0.3 is 5.32 Å². The van der Waals surface area contributed by atoms with Gasteiger partial charge in [-0.1, -0.05) is 15.9 Å². The maximum Gasteiger partial charge on any atom is 0.157 e. The van der Waals surface area contributed by atoms with Crippen LogP contribution in [0.3, 0.4) is 0 Å². The first-order valence-electron chi connectivity index (χ1n) is 6.83. The number of benzene rings is 1. The highest BCUT2D eigenvalue weighted by molar-refractivity contribution is 9.10. The van der Waals surface area contributed by atoms with E-state index in [1.807, 2.05) is 30.9 Å². The van der Waals surface area contributed by atoms with Crippen LogP contribution in [0.4, 0.5) is 5.69 Å². The van der Waals surface area contributed by atoms with Crippen LogP contribution in [0.5, 0.6) is 0 Å². The molecule has 0 aliphatic heterocycles. The third-order valence-corrected chi connectivity index (χ3v) is 4.08. The van der Waals surface area contributed by atoms with E-state index in [-0.39, 0.29) is 0 Å². The van der Waals surface area contributed by atoms with Crippen LogP contribution in [-0.4, -0.2) is 14.8 Å². The van der Waals surface area contributed by atoms with Crippen LogP contribution in [0.25, 0.3) is 11.0 Å². The number of hydrogen-bond donors (Lipinski definition) is 1. The molecule has 0 fully saturated rings. The van der Waals surface area contributed by atoms with Crippen molar-refractivity contribution in [3.8, 4) is 0 Å². The minimum Gasteiger partial charge on any atom is -0.381 e. The van der Waals surface area contributed by atoms with Crippen LogP contribution in [0.1, 0.15) is 16.8 Å². The van der Waals surface area contributed by atoms with Gasteiger partial charge in [-0.2, -0.15) is 5.10 Å². The van der Waals surface area contributed by atoms with Crippen LogP contribution in [0.15, 0.2) is 34.9 Å². The quantitative estimate of drug-likeness (QED) is 0.781. The molecule has 0 atom stereocenters. The molecule has 0 aliphatic carbocycles. The molecule has 0 aliphatic rings. The molecule has 3 rings (SSSR count). The lowest BCUT2D eigenvalue weighted by atomic mass is 10.1. The van der Waals surface area contributed by atoms with E-state index in [4.69, 9.17) is 0 Å². The fourth-order valence-corrected chi connectivity index (χ4v) is 2.95. The number of anilines is 1. The number of fused-ring (bicyclic) bond motifs is 1. The summed E-state index contributed by atoms with van der Waals surface area (Å²) < 4.78 is 2.92. The lowest BCUT2D eigenvalue weighted by Crippen LogP contribution is -2.02. The molecule has 0 amide bonds. The normalized spacial score (nSPS) is 11.0. The molecular weight excluding hydrogens is 328 g/mol. The molecule has 0 saturated heterocycles. The summed E-state index contributed by atoms with van der Waals surface area (Å²) in [6.07, 6.45) is 1.91. The molecule has 2 aromatic heterocycles. The van der Waals surface area contributed by atoms with Crippen molar-refractivity contribution in [3.63, 3.8) is 0 Å². The van der Waals surface area contributed by atoms with E-state index in [1.165, 1.54) is 5.56 Å². The molecule has 3 aromatic rings. The van der Waals surface area contributed by atoms with Crippen LogP contribution >= 0.6 is 15.9 Å². The van der Waals surface area contributed by atoms with Gasteiger partial charge in [0.15, 0.2) is 5.65 Å². The Labute approximate surface area is 132 Å². The summed E-state index contributed by atoms with van der Waals surface area (Å²) >= 11 is 3.48. The number of aromatic nitrogens is 3. The first-order chi connectivity index (χ1) is 10.0. The first kappa shape index (κ1) is 14.1. The number of hydrogen-bond acceptors (Lipinski definition) is 3. The summed E-state index contributed by atoms with van der Waals surface area (Å²) in [6.45, 7) is 4.86. The van der Waals surface area contributed by atoms with E-state index in [2.05, 4.69) is 56.5 Å². The summed E-state index contributed by atoms with van der Waals surface area (Å²) in [5, 5.41) is 8.98. The molecule has 0 radical (unpaired) electrons. The third kappa shape index (κ3) is 2.78. The second-order valence-corrected chi connectivity index (χ2v) is 6.15. The summed E-state index contributed by atoms with van der Waals surface area (Å²) in [4.78, 5) is 4.50. The largest absolute Gasteiger partial charge is 0.381 e. The number of halogens is 1. The molecule has 0 unspecified atom stereocenters. The minimum absolute atomic E-state index is 0.750. The second-order valence-electron chi connectivity index (χ2n) is 5.24. The topological polar surface area (TPSA) is 42.7 Å². The molecule has 2 heterocycles. The summed E-state index contributed by atoms with van der Waals surface area (Å²) in [5.41, 5.74) is 5.45. The Morgan fingerprint density at radius 1 is 1.24 bits per heavy atom. The average Bonchev–Trinajstić information content (AvgIpc) is 2.73. The van der Waals surface area contributed by atoms with Gasteiger partial charge in [-0.15, -0.1) is 0 Å². The van der Waals surface area contributed by atoms with Crippen LogP contribution in [-0.2, 0) is 13.6 Å². The van der Waals surface area contributed by atoms with Crippen molar-refractivity contribution in [3.05, 3.63) is 51.8 Å². The Morgan fingerprint density at radius 3 is 2.81 bits per heavy atom. The molecule has 4 nitrogen and oxygen atoms in total. The zero-order valence-corrected chi connectivity index (χ0v) is 13.9. The highest BCUT2D eigenvalue weighted by Gasteiger charge is 2.07. The predicted molar refractivity (Wildman–Crippen MR) is 89.5 cm³/mol. The highest BCUT2D eigenvalue weighted by Crippen LogP contribution is 2.21. The van der Waals surface area contributed by atoms with Gasteiger partial charge in [0.2, 0.25) is 0 Å². The van der Waals surface area contributed by atoms with E-state index in [0.717, 1.165) is 39.0 Å². The minimum atomic E-state index is 0.750. The van der Waals surface area contributed by atoms with Crippen molar-refractivity contribution >= 4 is 32.7 Å². The SMILES string of the molecule is Cc1cc(Br)ccc1NCc1cnc2c(c1)c(C)nn2C. The number of rotatable bonds is 3. The fourth-order valence-electron chi connectivity index (χ4n) is 2.47. The summed E-state index contributed by atoms with van der Waals surface area (Å²) in [5.74, 6) is 0. The van der Waals surface area contributed by atoms with Gasteiger partial charge in [0, 0.05) is 35.3 Å². The molecule has 0 saturated carbocycles. The van der Waals surface area contributed by atoms with Crippen molar-refractivity contribution in [1.82, 2.24) is 14.8 Å². The monoisotopic (exact) mass is 344 g/mol. The van der Waals surface area contributed by atoms with Crippen molar-refractivity contribution in [2.45, 2.75) is 20.4 Å². The van der Waals surface area contributed by atoms with Crippen LogP contribution in [0, 0.1) is 13.8 Å². The number of nitrogens with zero attached hydrogens (tertiary/aromatic N) is 3. The lowest BCUT2D eigenvalue weighted by molar-refractivity contribution is 0.773. The van der Waals surface area contributed by atoms with Gasteiger partial charge in [-0.3, -0.25) is 4.68 Å². The van der Waals surface area contributed by atoms with Gasteiger partial charge in [-0.25, -0.2) is 4.98 Å². The number of nitrogens with one attached hydrogen (secondary N) is 1. The van der Waals surface area contributed by atoms with E-state index in [9.17, 15) is 0 Å². The lowest BCUT2D eigenvalue weighted by Gasteiger charge is -2.10. The maximum atomic E-state index is 4.50. The Morgan fingerprint density at radius 2 is 2.05 bits per heavy atom. The van der Waals surface area contributed by atoms with Crippen molar-refractivity contribution in [1.29, 1.82) is 0 Å². The smallest absolute Gasteiger partial charge is 0.157 e. The number of aryl methyl sites for hydroxylation is 3. The zero-order valence-electron chi connectivity index (χ0n) is 12.3. The Kier molecular flexibility index (Phi) is 3.68. The average molecular weight is 345 g/mol. The van der Waals surface area contributed by atoms with E-state index >= 15 is 0 Å².